The van der Waals surface area contributed by atoms with Crippen molar-refractivity contribution >= 4 is 23.8 Å². The van der Waals surface area contributed by atoms with Crippen LogP contribution in [-0.2, 0) is 11.3 Å². The number of benzene rings is 1. The summed E-state index contributed by atoms with van der Waals surface area (Å²) in [5.41, 5.74) is 0.991. The highest BCUT2D eigenvalue weighted by Gasteiger charge is 2.42. The van der Waals surface area contributed by atoms with Crippen LogP contribution in [0.25, 0.3) is 0 Å². The molecule has 2 N–H and O–H groups in total. The molecule has 1 aromatic rings. The minimum Gasteiger partial charge on any atom is -0.480 e. The molecule has 21 heavy (non-hydrogen) atoms. The van der Waals surface area contributed by atoms with E-state index < -0.39 is 12.0 Å². The van der Waals surface area contributed by atoms with Gasteiger partial charge in [-0.15, -0.1) is 11.8 Å². The third-order valence-electron chi connectivity index (χ3n) is 3.41. The first kappa shape index (κ1) is 15.7. The molecule has 0 bridgehead atoms. The Hall–Kier alpha value is -1.69. The molecular formula is C15H20N2O3S. The number of urea groups is 1. The van der Waals surface area contributed by atoms with Gasteiger partial charge in [0.1, 0.15) is 6.04 Å². The Bertz CT molecular complexity index is 507. The van der Waals surface area contributed by atoms with E-state index in [4.69, 9.17) is 0 Å². The van der Waals surface area contributed by atoms with E-state index in [1.54, 1.807) is 0 Å². The first-order valence-electron chi connectivity index (χ1n) is 6.95. The zero-order valence-electron chi connectivity index (χ0n) is 12.2. The number of hydrogen-bond donors (Lipinski definition) is 2. The predicted octanol–water partition coefficient (Wildman–Crippen LogP) is 2.38. The van der Waals surface area contributed by atoms with Crippen molar-refractivity contribution in [3.63, 3.8) is 0 Å². The monoisotopic (exact) mass is 308 g/mol. The highest BCUT2D eigenvalue weighted by atomic mass is 32.2. The first-order chi connectivity index (χ1) is 10.0. The molecule has 2 atom stereocenters. The molecule has 5 nitrogen and oxygen atoms in total. The first-order valence-corrected chi connectivity index (χ1v) is 8.00. The van der Waals surface area contributed by atoms with Gasteiger partial charge in [-0.1, -0.05) is 44.2 Å². The molecule has 0 spiro atoms. The van der Waals surface area contributed by atoms with Gasteiger partial charge in [0.2, 0.25) is 0 Å². The van der Waals surface area contributed by atoms with Gasteiger partial charge in [0.05, 0.1) is 5.37 Å². The van der Waals surface area contributed by atoms with E-state index in [0.29, 0.717) is 12.3 Å². The molecule has 0 aliphatic carbocycles. The van der Waals surface area contributed by atoms with Gasteiger partial charge in [0.15, 0.2) is 0 Å². The number of carboxylic acids is 1. The van der Waals surface area contributed by atoms with Crippen molar-refractivity contribution in [2.45, 2.75) is 31.8 Å². The number of rotatable bonds is 4. The summed E-state index contributed by atoms with van der Waals surface area (Å²) in [6, 6.07) is 8.51. The van der Waals surface area contributed by atoms with Gasteiger partial charge in [-0.2, -0.15) is 0 Å². The standard InChI is InChI=1S/C15H20N2O3S/c1-10(2)13-17(12(9-21-13)14(18)19)15(20)16-8-11-6-4-3-5-7-11/h3-7,10,12-13H,8-9H2,1-2H3,(H,16,20)(H,18,19). The number of thioether (sulfide) groups is 1. The van der Waals surface area contributed by atoms with Crippen LogP contribution in [0.2, 0.25) is 0 Å². The molecule has 6 heteroatoms. The average molecular weight is 308 g/mol. The second-order valence-corrected chi connectivity index (χ2v) is 6.52. The lowest BCUT2D eigenvalue weighted by molar-refractivity contribution is -0.141. The maximum absolute atomic E-state index is 12.4. The molecule has 0 aromatic heterocycles. The maximum atomic E-state index is 12.4. The van der Waals surface area contributed by atoms with E-state index in [1.165, 1.54) is 16.7 Å². The van der Waals surface area contributed by atoms with Crippen LogP contribution in [0.1, 0.15) is 19.4 Å². The van der Waals surface area contributed by atoms with E-state index >= 15 is 0 Å². The number of aliphatic carboxylic acids is 1. The maximum Gasteiger partial charge on any atom is 0.327 e. The molecule has 1 aliphatic rings. The van der Waals surface area contributed by atoms with E-state index in [-0.39, 0.29) is 17.3 Å². The molecule has 2 unspecified atom stereocenters. The van der Waals surface area contributed by atoms with Crippen LogP contribution in [0.5, 0.6) is 0 Å². The van der Waals surface area contributed by atoms with Crippen molar-refractivity contribution in [1.82, 2.24) is 10.2 Å². The number of hydrogen-bond acceptors (Lipinski definition) is 3. The van der Waals surface area contributed by atoms with Crippen LogP contribution in [0.4, 0.5) is 4.79 Å². The fourth-order valence-electron chi connectivity index (χ4n) is 2.35. The quantitative estimate of drug-likeness (QED) is 0.896. The van der Waals surface area contributed by atoms with Gasteiger partial charge in [0.25, 0.3) is 0 Å². The summed E-state index contributed by atoms with van der Waals surface area (Å²) in [6.07, 6.45) is 0. The van der Waals surface area contributed by atoms with Crippen LogP contribution >= 0.6 is 11.8 Å². The molecule has 0 radical (unpaired) electrons. The van der Waals surface area contributed by atoms with Crippen molar-refractivity contribution in [3.8, 4) is 0 Å². The van der Waals surface area contributed by atoms with E-state index in [1.807, 2.05) is 44.2 Å². The molecule has 1 aromatic carbocycles. The molecule has 1 saturated heterocycles. The fraction of sp³-hybridized carbons (Fsp3) is 0.467. The lowest BCUT2D eigenvalue weighted by Crippen LogP contribution is -2.51. The van der Waals surface area contributed by atoms with Gasteiger partial charge in [0, 0.05) is 12.3 Å². The van der Waals surface area contributed by atoms with Crippen molar-refractivity contribution in [1.29, 1.82) is 0 Å². The normalized spacial score (nSPS) is 21.6. The van der Waals surface area contributed by atoms with Crippen LogP contribution in [0.15, 0.2) is 30.3 Å². The number of carbonyl (C=O) groups excluding carboxylic acids is 1. The molecule has 1 fully saturated rings. The Balaban J connectivity index is 2.05. The SMILES string of the molecule is CC(C)C1SCC(C(=O)O)N1C(=O)NCc1ccccc1. The second-order valence-electron chi connectivity index (χ2n) is 5.37. The topological polar surface area (TPSA) is 69.6 Å². The van der Waals surface area contributed by atoms with Gasteiger partial charge in [-0.25, -0.2) is 9.59 Å². The Morgan fingerprint density at radius 3 is 2.62 bits per heavy atom. The summed E-state index contributed by atoms with van der Waals surface area (Å²) in [5, 5.41) is 12.0. The molecular weight excluding hydrogens is 288 g/mol. The summed E-state index contributed by atoms with van der Waals surface area (Å²) in [6.45, 7) is 4.40. The molecule has 114 valence electrons. The van der Waals surface area contributed by atoms with Gasteiger partial charge < -0.3 is 10.4 Å². The summed E-state index contributed by atoms with van der Waals surface area (Å²) in [7, 11) is 0. The van der Waals surface area contributed by atoms with E-state index in [9.17, 15) is 14.7 Å². The minimum atomic E-state index is -0.944. The lowest BCUT2D eigenvalue weighted by Gasteiger charge is -2.29. The molecule has 1 heterocycles. The van der Waals surface area contributed by atoms with Crippen molar-refractivity contribution in [2.24, 2.45) is 5.92 Å². The zero-order chi connectivity index (χ0) is 15.4. The number of nitrogens with zero attached hydrogens (tertiary/aromatic N) is 1. The summed E-state index contributed by atoms with van der Waals surface area (Å²) in [4.78, 5) is 25.2. The van der Waals surface area contributed by atoms with E-state index in [2.05, 4.69) is 5.32 Å². The van der Waals surface area contributed by atoms with Crippen LogP contribution < -0.4 is 5.32 Å². The fourth-order valence-corrected chi connectivity index (χ4v) is 3.82. The molecule has 2 amide bonds. The van der Waals surface area contributed by atoms with Crippen LogP contribution in [-0.4, -0.2) is 39.2 Å². The average Bonchev–Trinajstić information content (AvgIpc) is 2.91. The third kappa shape index (κ3) is 3.69. The van der Waals surface area contributed by atoms with Crippen molar-refractivity contribution in [2.75, 3.05) is 5.75 Å². The molecule has 2 rings (SSSR count). The summed E-state index contributed by atoms with van der Waals surface area (Å²) < 4.78 is 0. The van der Waals surface area contributed by atoms with E-state index in [0.717, 1.165) is 5.56 Å². The third-order valence-corrected chi connectivity index (χ3v) is 5.03. The minimum absolute atomic E-state index is 0.0955. The second kappa shape index (κ2) is 6.85. The largest absolute Gasteiger partial charge is 0.480 e. The van der Waals surface area contributed by atoms with Gasteiger partial charge >= 0.3 is 12.0 Å². The van der Waals surface area contributed by atoms with Gasteiger partial charge in [-0.05, 0) is 11.5 Å². The Kier molecular flexibility index (Phi) is 5.12. The predicted molar refractivity (Wildman–Crippen MR) is 83.0 cm³/mol. The highest BCUT2D eigenvalue weighted by Crippen LogP contribution is 2.34. The van der Waals surface area contributed by atoms with Gasteiger partial charge in [-0.3, -0.25) is 4.90 Å². The summed E-state index contributed by atoms with van der Waals surface area (Å²) in [5.74, 6) is -0.293. The number of carbonyl (C=O) groups is 2. The number of nitrogens with one attached hydrogen (secondary N) is 1. The summed E-state index contributed by atoms with van der Waals surface area (Å²) >= 11 is 1.53. The Labute approximate surface area is 128 Å². The lowest BCUT2D eigenvalue weighted by atomic mass is 10.1. The number of carboxylic acid groups (broad SMARTS) is 1. The smallest absolute Gasteiger partial charge is 0.327 e. The molecule has 1 aliphatic heterocycles. The number of amides is 2. The van der Waals surface area contributed by atoms with Crippen LogP contribution in [0.3, 0.4) is 0 Å². The Morgan fingerprint density at radius 1 is 1.38 bits per heavy atom. The zero-order valence-corrected chi connectivity index (χ0v) is 13.0. The molecule has 0 saturated carbocycles. The van der Waals surface area contributed by atoms with Crippen molar-refractivity contribution in [3.05, 3.63) is 35.9 Å². The highest BCUT2D eigenvalue weighted by molar-refractivity contribution is 8.00. The van der Waals surface area contributed by atoms with Crippen LogP contribution in [0, 0.1) is 5.92 Å². The van der Waals surface area contributed by atoms with Crippen molar-refractivity contribution < 1.29 is 14.7 Å². The Morgan fingerprint density at radius 2 is 2.05 bits per heavy atom.